The van der Waals surface area contributed by atoms with Gasteiger partial charge in [-0.15, -0.1) is 0 Å². The van der Waals surface area contributed by atoms with Gasteiger partial charge in [0, 0.05) is 25.6 Å². The third kappa shape index (κ3) is 4.33. The summed E-state index contributed by atoms with van der Waals surface area (Å²) in [5.41, 5.74) is 3.45. The van der Waals surface area contributed by atoms with E-state index in [0.29, 0.717) is 38.9 Å². The Morgan fingerprint density at radius 3 is 2.48 bits per heavy atom. The fraction of sp³-hybridized carbons (Fsp3) is 0.333. The molecule has 0 saturated carbocycles. The first kappa shape index (κ1) is 21.1. The maximum Gasteiger partial charge on any atom is 0.259 e. The average Bonchev–Trinajstić information content (AvgIpc) is 2.81. The molecule has 0 spiro atoms. The van der Waals surface area contributed by atoms with Crippen molar-refractivity contribution in [2.45, 2.75) is 20.0 Å². The van der Waals surface area contributed by atoms with Gasteiger partial charge in [0.2, 0.25) is 5.95 Å². The molecule has 0 aliphatic carbocycles. The van der Waals surface area contributed by atoms with Gasteiger partial charge >= 0.3 is 0 Å². The van der Waals surface area contributed by atoms with Gasteiger partial charge < -0.3 is 9.47 Å². The zero-order valence-electron chi connectivity index (χ0n) is 18.2. The Hall–Kier alpha value is -3.16. The fourth-order valence-electron chi connectivity index (χ4n) is 3.93. The monoisotopic (exact) mass is 420 g/mol. The predicted molar refractivity (Wildman–Crippen MR) is 121 cm³/mol. The molecule has 1 aliphatic rings. The molecule has 1 aliphatic heterocycles. The van der Waals surface area contributed by atoms with Gasteiger partial charge in [-0.3, -0.25) is 19.2 Å². The zero-order valence-corrected chi connectivity index (χ0v) is 18.2. The van der Waals surface area contributed by atoms with Crippen LogP contribution < -0.4 is 15.2 Å². The molecule has 2 heterocycles. The third-order valence-corrected chi connectivity index (χ3v) is 5.58. The third-order valence-electron chi connectivity index (χ3n) is 5.58. The normalized spacial score (nSPS) is 13.8. The molecule has 4 rings (SSSR count). The SMILES string of the molecule is COCCN1CN(c2ccccc2OC)c2nc(C)c(Cc3ccccc3)c(=O)n2C1. The molecule has 0 fully saturated rings. The molecule has 31 heavy (non-hydrogen) atoms. The van der Waals surface area contributed by atoms with Crippen molar-refractivity contribution in [3.63, 3.8) is 0 Å². The zero-order chi connectivity index (χ0) is 21.8. The van der Waals surface area contributed by atoms with Crippen LogP contribution >= 0.6 is 0 Å². The van der Waals surface area contributed by atoms with Crippen LogP contribution in [0.2, 0.25) is 0 Å². The second kappa shape index (κ2) is 9.32. The van der Waals surface area contributed by atoms with E-state index >= 15 is 0 Å². The summed E-state index contributed by atoms with van der Waals surface area (Å²) in [5.74, 6) is 1.38. The minimum Gasteiger partial charge on any atom is -0.495 e. The lowest BCUT2D eigenvalue weighted by atomic mass is 10.1. The van der Waals surface area contributed by atoms with Crippen molar-refractivity contribution >= 4 is 11.6 Å². The Bertz CT molecular complexity index is 1100. The summed E-state index contributed by atoms with van der Waals surface area (Å²) >= 11 is 0. The fourth-order valence-corrected chi connectivity index (χ4v) is 3.93. The summed E-state index contributed by atoms with van der Waals surface area (Å²) in [7, 11) is 3.34. The van der Waals surface area contributed by atoms with Gasteiger partial charge in [0.25, 0.3) is 5.56 Å². The Kier molecular flexibility index (Phi) is 6.34. The van der Waals surface area contributed by atoms with Crippen LogP contribution in [0.15, 0.2) is 59.4 Å². The summed E-state index contributed by atoms with van der Waals surface area (Å²) in [4.78, 5) is 22.7. The van der Waals surface area contributed by atoms with Crippen LogP contribution in [0.1, 0.15) is 16.8 Å². The number of fused-ring (bicyclic) bond motifs is 1. The molecule has 1 aromatic heterocycles. The number of benzene rings is 2. The van der Waals surface area contributed by atoms with Crippen molar-refractivity contribution in [1.82, 2.24) is 14.5 Å². The lowest BCUT2D eigenvalue weighted by molar-refractivity contribution is 0.121. The highest BCUT2D eigenvalue weighted by atomic mass is 16.5. The first-order valence-electron chi connectivity index (χ1n) is 10.4. The van der Waals surface area contributed by atoms with Crippen LogP contribution in [0, 0.1) is 6.92 Å². The van der Waals surface area contributed by atoms with Gasteiger partial charge in [-0.2, -0.15) is 0 Å². The number of aromatic nitrogens is 2. The minimum absolute atomic E-state index is 0.00614. The average molecular weight is 421 g/mol. The minimum atomic E-state index is -0.00614. The van der Waals surface area contributed by atoms with E-state index in [1.165, 1.54) is 0 Å². The van der Waals surface area contributed by atoms with Crippen LogP contribution in [-0.2, 0) is 17.8 Å². The van der Waals surface area contributed by atoms with E-state index in [1.807, 2.05) is 66.4 Å². The van der Waals surface area contributed by atoms with Crippen molar-refractivity contribution in [1.29, 1.82) is 0 Å². The molecule has 0 saturated heterocycles. The van der Waals surface area contributed by atoms with Crippen molar-refractivity contribution in [2.75, 3.05) is 38.9 Å². The van der Waals surface area contributed by atoms with E-state index in [9.17, 15) is 4.79 Å². The number of hydrogen-bond donors (Lipinski definition) is 0. The van der Waals surface area contributed by atoms with Gasteiger partial charge in [-0.05, 0) is 24.6 Å². The smallest absolute Gasteiger partial charge is 0.259 e. The predicted octanol–water partition coefficient (Wildman–Crippen LogP) is 3.17. The lowest BCUT2D eigenvalue weighted by Crippen LogP contribution is -2.49. The first-order valence-corrected chi connectivity index (χ1v) is 10.4. The van der Waals surface area contributed by atoms with Crippen molar-refractivity contribution < 1.29 is 9.47 Å². The van der Waals surface area contributed by atoms with Crippen LogP contribution in [0.25, 0.3) is 0 Å². The van der Waals surface area contributed by atoms with E-state index < -0.39 is 0 Å². The quantitative estimate of drug-likeness (QED) is 0.585. The molecule has 7 heteroatoms. The number of methoxy groups -OCH3 is 2. The Morgan fingerprint density at radius 1 is 1.00 bits per heavy atom. The van der Waals surface area contributed by atoms with Crippen molar-refractivity contribution in [3.8, 4) is 5.75 Å². The van der Waals surface area contributed by atoms with E-state index in [2.05, 4.69) is 4.90 Å². The van der Waals surface area contributed by atoms with Gasteiger partial charge in [0.15, 0.2) is 0 Å². The first-order chi connectivity index (χ1) is 15.1. The Morgan fingerprint density at radius 2 is 1.74 bits per heavy atom. The second-order valence-corrected chi connectivity index (χ2v) is 7.64. The van der Waals surface area contributed by atoms with Gasteiger partial charge in [0.1, 0.15) is 5.75 Å². The Labute approximate surface area is 182 Å². The van der Waals surface area contributed by atoms with Gasteiger partial charge in [0.05, 0.1) is 38.4 Å². The molecule has 0 radical (unpaired) electrons. The molecule has 0 amide bonds. The molecular weight excluding hydrogens is 392 g/mol. The number of ether oxygens (including phenoxy) is 2. The van der Waals surface area contributed by atoms with Crippen molar-refractivity contribution in [2.24, 2.45) is 0 Å². The summed E-state index contributed by atoms with van der Waals surface area (Å²) in [6.45, 7) is 4.26. The van der Waals surface area contributed by atoms with Crippen LogP contribution in [-0.4, -0.2) is 48.5 Å². The topological polar surface area (TPSA) is 59.8 Å². The molecule has 3 aromatic rings. The summed E-state index contributed by atoms with van der Waals surface area (Å²) in [6, 6.07) is 17.8. The summed E-state index contributed by atoms with van der Waals surface area (Å²) in [5, 5.41) is 0. The van der Waals surface area contributed by atoms with Crippen LogP contribution in [0.4, 0.5) is 11.6 Å². The molecule has 7 nitrogen and oxygen atoms in total. The number of hydrogen-bond acceptors (Lipinski definition) is 6. The number of rotatable bonds is 7. The van der Waals surface area contributed by atoms with Crippen molar-refractivity contribution in [3.05, 3.63) is 81.8 Å². The number of anilines is 2. The van der Waals surface area contributed by atoms with E-state index in [-0.39, 0.29) is 5.56 Å². The van der Waals surface area contributed by atoms with E-state index in [1.54, 1.807) is 18.8 Å². The van der Waals surface area contributed by atoms with E-state index in [0.717, 1.165) is 28.3 Å². The molecule has 0 atom stereocenters. The van der Waals surface area contributed by atoms with Gasteiger partial charge in [-0.1, -0.05) is 42.5 Å². The molecule has 2 aromatic carbocycles. The van der Waals surface area contributed by atoms with Gasteiger partial charge in [-0.25, -0.2) is 4.98 Å². The molecule has 162 valence electrons. The largest absolute Gasteiger partial charge is 0.495 e. The highest BCUT2D eigenvalue weighted by Crippen LogP contribution is 2.34. The van der Waals surface area contributed by atoms with Crippen LogP contribution in [0.5, 0.6) is 5.75 Å². The molecule has 0 unspecified atom stereocenters. The second-order valence-electron chi connectivity index (χ2n) is 7.64. The maximum absolute atomic E-state index is 13.6. The van der Waals surface area contributed by atoms with Crippen LogP contribution in [0.3, 0.4) is 0 Å². The molecular formula is C24H28N4O3. The lowest BCUT2D eigenvalue weighted by Gasteiger charge is -2.38. The molecule has 0 N–H and O–H groups in total. The Balaban J connectivity index is 1.81. The van der Waals surface area contributed by atoms with E-state index in [4.69, 9.17) is 14.5 Å². The number of aryl methyl sites for hydroxylation is 1. The summed E-state index contributed by atoms with van der Waals surface area (Å²) in [6.07, 6.45) is 0.561. The standard InChI is InChI=1S/C24H28N4O3/c1-18-20(15-19-9-5-4-6-10-19)23(29)28-17-26(13-14-30-2)16-27(24(28)25-18)21-11-7-8-12-22(21)31-3/h4-12H,13-17H2,1-3H3. The number of para-hydroxylation sites is 2. The highest BCUT2D eigenvalue weighted by molar-refractivity contribution is 5.66. The molecule has 0 bridgehead atoms. The summed E-state index contributed by atoms with van der Waals surface area (Å²) < 4.78 is 12.6. The highest BCUT2D eigenvalue weighted by Gasteiger charge is 2.29. The number of nitrogens with zero attached hydrogens (tertiary/aromatic N) is 4. The maximum atomic E-state index is 13.6.